The fourth-order valence-electron chi connectivity index (χ4n) is 8.23. The van der Waals surface area contributed by atoms with Gasteiger partial charge in [0.2, 0.25) is 0 Å². The first-order valence-corrected chi connectivity index (χ1v) is 19.2. The quantitative estimate of drug-likeness (QED) is 0.163. The van der Waals surface area contributed by atoms with E-state index in [0.29, 0.717) is 23.0 Å². The second-order valence-electron chi connectivity index (χ2n) is 14.3. The van der Waals surface area contributed by atoms with Crippen LogP contribution in [-0.4, -0.2) is 15.0 Å². The maximum atomic E-state index is 9.37. The summed E-state index contributed by atoms with van der Waals surface area (Å²) in [6.45, 7) is 0. The Morgan fingerprint density at radius 1 is 0.397 bits per heavy atom. The first kappa shape index (κ1) is 34.5. The number of nitriles is 1. The Labute approximate surface area is 337 Å². The Hall–Kier alpha value is -7.94. The number of aromatic nitrogens is 3. The van der Waals surface area contributed by atoms with Gasteiger partial charge in [0.1, 0.15) is 11.5 Å². The molecule has 0 unspecified atom stereocenters. The summed E-state index contributed by atoms with van der Waals surface area (Å²) in [5, 5.41) is 9.37. The third kappa shape index (κ3) is 6.01. The summed E-state index contributed by atoms with van der Waals surface area (Å²) in [6, 6.07) is 72.9. The van der Waals surface area contributed by atoms with Gasteiger partial charge in [-0.1, -0.05) is 164 Å². The molecule has 58 heavy (non-hydrogen) atoms. The molecule has 1 aliphatic heterocycles. The molecule has 10 rings (SSSR count). The fourth-order valence-corrected chi connectivity index (χ4v) is 8.23. The molecule has 0 aliphatic carbocycles. The molecular weight excluding hydrogens is 709 g/mol. The largest absolute Gasteiger partial charge is 0.457 e. The lowest BCUT2D eigenvalue weighted by atomic mass is 9.62. The molecule has 8 aromatic carbocycles. The number of para-hydroxylation sites is 1. The summed E-state index contributed by atoms with van der Waals surface area (Å²) in [4.78, 5) is 14.8. The van der Waals surface area contributed by atoms with Gasteiger partial charge < -0.3 is 4.74 Å². The van der Waals surface area contributed by atoms with E-state index in [1.54, 1.807) is 12.1 Å². The molecule has 0 saturated heterocycles. The van der Waals surface area contributed by atoms with Crippen LogP contribution in [0.15, 0.2) is 206 Å². The Morgan fingerprint density at radius 3 is 1.53 bits per heavy atom. The summed E-state index contributed by atoms with van der Waals surface area (Å²) in [6.07, 6.45) is 0. The highest BCUT2D eigenvalue weighted by molar-refractivity contribution is 5.82. The zero-order valence-corrected chi connectivity index (χ0v) is 31.3. The third-order valence-corrected chi connectivity index (χ3v) is 10.9. The Morgan fingerprint density at radius 2 is 0.879 bits per heavy atom. The van der Waals surface area contributed by atoms with Gasteiger partial charge >= 0.3 is 0 Å². The normalized spacial score (nSPS) is 12.4. The highest BCUT2D eigenvalue weighted by Crippen LogP contribution is 2.57. The van der Waals surface area contributed by atoms with Crippen LogP contribution in [0.3, 0.4) is 0 Å². The standard InChI is InChI=1S/C53H34N4O/c54-35-36-26-28-40(29-27-36)51-55-50(39-14-4-1-5-15-39)56-52(57-51)42-17-12-16-41(34-42)37-30-32-38(33-31-37)45-22-13-25-48-49(45)53(43-18-6-2-7-19-43,44-20-8-3-9-21-44)46-23-10-11-24-47(46)58-48/h1-34H. The van der Waals surface area contributed by atoms with E-state index in [1.807, 2.05) is 60.7 Å². The van der Waals surface area contributed by atoms with Crippen LogP contribution in [0, 0.1) is 11.3 Å². The molecule has 5 nitrogen and oxygen atoms in total. The highest BCUT2D eigenvalue weighted by Gasteiger charge is 2.46. The smallest absolute Gasteiger partial charge is 0.164 e. The molecule has 9 aromatic rings. The maximum Gasteiger partial charge on any atom is 0.164 e. The average Bonchev–Trinajstić information content (AvgIpc) is 3.31. The first-order chi connectivity index (χ1) is 28.7. The monoisotopic (exact) mass is 742 g/mol. The van der Waals surface area contributed by atoms with E-state index < -0.39 is 5.41 Å². The summed E-state index contributed by atoms with van der Waals surface area (Å²) in [5.41, 5.74) is 11.4. The van der Waals surface area contributed by atoms with Gasteiger partial charge in [-0.2, -0.15) is 5.26 Å². The molecule has 1 aromatic heterocycles. The van der Waals surface area contributed by atoms with E-state index in [0.717, 1.165) is 61.6 Å². The maximum absolute atomic E-state index is 9.37. The zero-order chi connectivity index (χ0) is 38.9. The van der Waals surface area contributed by atoms with Crippen molar-refractivity contribution in [2.45, 2.75) is 5.41 Å². The molecule has 0 radical (unpaired) electrons. The fraction of sp³-hybridized carbons (Fsp3) is 0.0189. The zero-order valence-electron chi connectivity index (χ0n) is 31.3. The topological polar surface area (TPSA) is 71.7 Å². The van der Waals surface area contributed by atoms with Crippen molar-refractivity contribution in [3.63, 3.8) is 0 Å². The number of fused-ring (bicyclic) bond motifs is 2. The van der Waals surface area contributed by atoms with Crippen LogP contribution in [0.1, 0.15) is 27.8 Å². The Balaban J connectivity index is 1.07. The minimum Gasteiger partial charge on any atom is -0.457 e. The van der Waals surface area contributed by atoms with Gasteiger partial charge in [-0.25, -0.2) is 15.0 Å². The van der Waals surface area contributed by atoms with Crippen LogP contribution in [0.5, 0.6) is 11.5 Å². The van der Waals surface area contributed by atoms with E-state index in [4.69, 9.17) is 19.7 Å². The molecule has 0 N–H and O–H groups in total. The number of benzene rings is 8. The van der Waals surface area contributed by atoms with E-state index in [9.17, 15) is 5.26 Å². The lowest BCUT2D eigenvalue weighted by Crippen LogP contribution is -2.34. The number of hydrogen-bond acceptors (Lipinski definition) is 5. The lowest BCUT2D eigenvalue weighted by Gasteiger charge is -2.42. The number of rotatable bonds is 7. The van der Waals surface area contributed by atoms with E-state index in [-0.39, 0.29) is 0 Å². The van der Waals surface area contributed by atoms with Crippen molar-refractivity contribution in [3.05, 3.63) is 234 Å². The highest BCUT2D eigenvalue weighted by atomic mass is 16.5. The second-order valence-corrected chi connectivity index (χ2v) is 14.3. The average molecular weight is 743 g/mol. The van der Waals surface area contributed by atoms with Crippen molar-refractivity contribution >= 4 is 0 Å². The van der Waals surface area contributed by atoms with E-state index >= 15 is 0 Å². The SMILES string of the molecule is N#Cc1ccc(-c2nc(-c3ccccc3)nc(-c3cccc(-c4ccc(-c5cccc6c5C(c5ccccc5)(c5ccccc5)c5ccccc5O6)cc4)c3)n2)cc1. The van der Waals surface area contributed by atoms with Gasteiger partial charge in [0, 0.05) is 27.8 Å². The summed E-state index contributed by atoms with van der Waals surface area (Å²) in [7, 11) is 0. The Kier molecular flexibility index (Phi) is 8.70. The molecule has 0 bridgehead atoms. The lowest BCUT2D eigenvalue weighted by molar-refractivity contribution is 0.435. The second kappa shape index (κ2) is 14.6. The van der Waals surface area contributed by atoms with Crippen LogP contribution in [0.2, 0.25) is 0 Å². The first-order valence-electron chi connectivity index (χ1n) is 19.2. The van der Waals surface area contributed by atoms with Gasteiger partial charge in [0.15, 0.2) is 17.5 Å². The van der Waals surface area contributed by atoms with Crippen LogP contribution in [0.25, 0.3) is 56.4 Å². The van der Waals surface area contributed by atoms with Crippen LogP contribution in [0.4, 0.5) is 0 Å². The number of hydrogen-bond donors (Lipinski definition) is 0. The van der Waals surface area contributed by atoms with Crippen LogP contribution < -0.4 is 4.74 Å². The minimum absolute atomic E-state index is 0.544. The Bertz CT molecular complexity index is 2920. The molecule has 0 fully saturated rings. The van der Waals surface area contributed by atoms with Crippen molar-refractivity contribution in [3.8, 4) is 74.0 Å². The summed E-state index contributed by atoms with van der Waals surface area (Å²) in [5.74, 6) is 3.39. The molecule has 2 heterocycles. The van der Waals surface area contributed by atoms with Gasteiger partial charge in [0.05, 0.1) is 17.0 Å². The molecule has 0 spiro atoms. The predicted octanol–water partition coefficient (Wildman–Crippen LogP) is 12.6. The molecule has 1 aliphatic rings. The molecule has 5 heteroatoms. The molecule has 0 atom stereocenters. The van der Waals surface area contributed by atoms with Crippen molar-refractivity contribution in [2.24, 2.45) is 0 Å². The van der Waals surface area contributed by atoms with Gasteiger partial charge in [-0.15, -0.1) is 0 Å². The molecule has 0 saturated carbocycles. The van der Waals surface area contributed by atoms with Crippen molar-refractivity contribution in [2.75, 3.05) is 0 Å². The van der Waals surface area contributed by atoms with Gasteiger partial charge in [-0.05, 0) is 75.8 Å². The number of ether oxygens (including phenoxy) is 1. The summed E-state index contributed by atoms with van der Waals surface area (Å²) >= 11 is 0. The molecular formula is C53H34N4O. The number of nitrogens with zero attached hydrogens (tertiary/aromatic N) is 4. The minimum atomic E-state index is -0.629. The van der Waals surface area contributed by atoms with Crippen molar-refractivity contribution < 1.29 is 4.74 Å². The van der Waals surface area contributed by atoms with Crippen molar-refractivity contribution in [1.82, 2.24) is 15.0 Å². The predicted molar refractivity (Wildman–Crippen MR) is 230 cm³/mol. The molecule has 272 valence electrons. The van der Waals surface area contributed by atoms with Crippen molar-refractivity contribution in [1.29, 1.82) is 5.26 Å². The summed E-state index contributed by atoms with van der Waals surface area (Å²) < 4.78 is 6.74. The van der Waals surface area contributed by atoms with Gasteiger partial charge in [0.25, 0.3) is 0 Å². The van der Waals surface area contributed by atoms with Crippen LogP contribution in [-0.2, 0) is 5.41 Å². The van der Waals surface area contributed by atoms with Crippen LogP contribution >= 0.6 is 0 Å². The van der Waals surface area contributed by atoms with Gasteiger partial charge in [-0.3, -0.25) is 0 Å². The molecule has 0 amide bonds. The van der Waals surface area contributed by atoms with E-state index in [2.05, 4.69) is 140 Å². The third-order valence-electron chi connectivity index (χ3n) is 10.9. The van der Waals surface area contributed by atoms with E-state index in [1.165, 1.54) is 11.1 Å².